The maximum Gasteiger partial charge on any atom is 0.0701 e. The topological polar surface area (TPSA) is 65.7 Å². The van der Waals surface area contributed by atoms with Gasteiger partial charge in [-0.2, -0.15) is 0 Å². The summed E-state index contributed by atoms with van der Waals surface area (Å²) in [6.45, 7) is 2.26. The standard InChI is InChI=1S/C7H18N2O3/c1-10-3-4-12-6-7(9-8)5-11-2/h7,9H,3-6,8H2,1-2H3. The van der Waals surface area contributed by atoms with Gasteiger partial charge in [0.25, 0.3) is 0 Å². The first-order valence-corrected chi connectivity index (χ1v) is 3.87. The van der Waals surface area contributed by atoms with Crippen LogP contribution in [0.3, 0.4) is 0 Å². The maximum atomic E-state index is 5.23. The lowest BCUT2D eigenvalue weighted by atomic mass is 10.3. The molecule has 5 heteroatoms. The summed E-state index contributed by atoms with van der Waals surface area (Å²) in [4.78, 5) is 0. The molecule has 0 aliphatic carbocycles. The fourth-order valence-electron chi connectivity index (χ4n) is 0.713. The molecule has 0 radical (unpaired) electrons. The van der Waals surface area contributed by atoms with Crippen LogP contribution in [0.2, 0.25) is 0 Å². The number of methoxy groups -OCH3 is 2. The third-order valence-corrected chi connectivity index (χ3v) is 1.35. The van der Waals surface area contributed by atoms with Crippen LogP contribution in [-0.2, 0) is 14.2 Å². The van der Waals surface area contributed by atoms with Crippen LogP contribution in [0.25, 0.3) is 0 Å². The Balaban J connectivity index is 3.19. The van der Waals surface area contributed by atoms with E-state index >= 15 is 0 Å². The van der Waals surface area contributed by atoms with Gasteiger partial charge in [0.15, 0.2) is 0 Å². The van der Waals surface area contributed by atoms with Gasteiger partial charge in [0.05, 0.1) is 32.5 Å². The van der Waals surface area contributed by atoms with E-state index in [1.165, 1.54) is 0 Å². The molecule has 0 aromatic rings. The van der Waals surface area contributed by atoms with Gasteiger partial charge >= 0.3 is 0 Å². The number of hydrogen-bond donors (Lipinski definition) is 2. The zero-order valence-corrected chi connectivity index (χ0v) is 7.71. The lowest BCUT2D eigenvalue weighted by Gasteiger charge is -2.14. The van der Waals surface area contributed by atoms with Crippen LogP contribution < -0.4 is 11.3 Å². The van der Waals surface area contributed by atoms with Crippen molar-refractivity contribution in [1.82, 2.24) is 5.43 Å². The SMILES string of the molecule is COCCOCC(COC)NN. The van der Waals surface area contributed by atoms with Gasteiger partial charge in [-0.25, -0.2) is 0 Å². The lowest BCUT2D eigenvalue weighted by molar-refractivity contribution is 0.0418. The van der Waals surface area contributed by atoms with Gasteiger partial charge in [0.1, 0.15) is 0 Å². The number of hydrazine groups is 1. The van der Waals surface area contributed by atoms with Crippen LogP contribution >= 0.6 is 0 Å². The van der Waals surface area contributed by atoms with Crippen LogP contribution in [0.15, 0.2) is 0 Å². The molecule has 0 aromatic heterocycles. The third-order valence-electron chi connectivity index (χ3n) is 1.35. The molecule has 0 saturated heterocycles. The summed E-state index contributed by atoms with van der Waals surface area (Å²) in [6, 6.07) is 0.0480. The first-order chi connectivity index (χ1) is 5.85. The molecule has 12 heavy (non-hydrogen) atoms. The number of rotatable bonds is 8. The number of nitrogens with one attached hydrogen (secondary N) is 1. The van der Waals surface area contributed by atoms with Crippen molar-refractivity contribution in [2.45, 2.75) is 6.04 Å². The zero-order valence-electron chi connectivity index (χ0n) is 7.71. The molecular weight excluding hydrogens is 160 g/mol. The fraction of sp³-hybridized carbons (Fsp3) is 1.00. The Hall–Kier alpha value is -0.200. The van der Waals surface area contributed by atoms with E-state index in [4.69, 9.17) is 20.1 Å². The summed E-state index contributed by atoms with van der Waals surface area (Å²) in [5, 5.41) is 0. The molecule has 0 aliphatic heterocycles. The van der Waals surface area contributed by atoms with Crippen LogP contribution in [0.1, 0.15) is 0 Å². The van der Waals surface area contributed by atoms with Crippen LogP contribution in [0.5, 0.6) is 0 Å². The van der Waals surface area contributed by atoms with Crippen LogP contribution in [-0.4, -0.2) is 46.7 Å². The minimum atomic E-state index is 0.0480. The van der Waals surface area contributed by atoms with Gasteiger partial charge in [0.2, 0.25) is 0 Å². The quantitative estimate of drug-likeness (QED) is 0.287. The summed E-state index contributed by atoms with van der Waals surface area (Å²) in [5.74, 6) is 5.23. The fourth-order valence-corrected chi connectivity index (χ4v) is 0.713. The van der Waals surface area contributed by atoms with Gasteiger partial charge in [-0.1, -0.05) is 0 Å². The monoisotopic (exact) mass is 178 g/mol. The maximum absolute atomic E-state index is 5.23. The first-order valence-electron chi connectivity index (χ1n) is 3.87. The van der Waals surface area contributed by atoms with E-state index in [2.05, 4.69) is 5.43 Å². The Bertz CT molecular complexity index is 92.7. The predicted molar refractivity (Wildman–Crippen MR) is 45.7 cm³/mol. The number of hydrogen-bond acceptors (Lipinski definition) is 5. The van der Waals surface area contributed by atoms with Gasteiger partial charge in [-0.3, -0.25) is 11.3 Å². The van der Waals surface area contributed by atoms with E-state index in [1.54, 1.807) is 14.2 Å². The minimum absolute atomic E-state index is 0.0480. The molecule has 1 atom stereocenters. The highest BCUT2D eigenvalue weighted by Gasteiger charge is 2.04. The second-order valence-electron chi connectivity index (χ2n) is 2.39. The molecule has 0 bridgehead atoms. The molecule has 1 unspecified atom stereocenters. The Morgan fingerprint density at radius 3 is 2.42 bits per heavy atom. The largest absolute Gasteiger partial charge is 0.383 e. The second kappa shape index (κ2) is 8.89. The van der Waals surface area contributed by atoms with Gasteiger partial charge in [-0.15, -0.1) is 0 Å². The molecule has 0 aliphatic rings. The van der Waals surface area contributed by atoms with Crippen molar-refractivity contribution in [1.29, 1.82) is 0 Å². The lowest BCUT2D eigenvalue weighted by Crippen LogP contribution is -2.42. The summed E-state index contributed by atoms with van der Waals surface area (Å²) in [6.07, 6.45) is 0. The van der Waals surface area contributed by atoms with Crippen LogP contribution in [0.4, 0.5) is 0 Å². The molecular formula is C7H18N2O3. The molecule has 0 fully saturated rings. The van der Waals surface area contributed by atoms with Crippen molar-refractivity contribution in [2.75, 3.05) is 40.6 Å². The average Bonchev–Trinajstić information content (AvgIpc) is 2.10. The number of ether oxygens (including phenoxy) is 3. The van der Waals surface area contributed by atoms with Crippen molar-refractivity contribution >= 4 is 0 Å². The zero-order chi connectivity index (χ0) is 9.23. The van der Waals surface area contributed by atoms with E-state index in [1.807, 2.05) is 0 Å². The molecule has 74 valence electrons. The van der Waals surface area contributed by atoms with E-state index in [-0.39, 0.29) is 6.04 Å². The Morgan fingerprint density at radius 2 is 1.92 bits per heavy atom. The normalized spacial score (nSPS) is 13.2. The molecule has 5 nitrogen and oxygen atoms in total. The smallest absolute Gasteiger partial charge is 0.0701 e. The van der Waals surface area contributed by atoms with E-state index < -0.39 is 0 Å². The van der Waals surface area contributed by atoms with Gasteiger partial charge in [0, 0.05) is 14.2 Å². The molecule has 0 rings (SSSR count). The second-order valence-corrected chi connectivity index (χ2v) is 2.39. The van der Waals surface area contributed by atoms with Crippen molar-refractivity contribution in [3.8, 4) is 0 Å². The number of nitrogens with two attached hydrogens (primary N) is 1. The highest BCUT2D eigenvalue weighted by atomic mass is 16.5. The molecule has 0 spiro atoms. The first kappa shape index (κ1) is 11.8. The summed E-state index contributed by atoms with van der Waals surface area (Å²) in [5.41, 5.74) is 2.59. The highest BCUT2D eigenvalue weighted by molar-refractivity contribution is 4.59. The van der Waals surface area contributed by atoms with E-state index in [9.17, 15) is 0 Å². The molecule has 0 amide bonds. The van der Waals surface area contributed by atoms with E-state index in [0.29, 0.717) is 26.4 Å². The van der Waals surface area contributed by atoms with E-state index in [0.717, 1.165) is 0 Å². The van der Waals surface area contributed by atoms with Crippen molar-refractivity contribution in [2.24, 2.45) is 5.84 Å². The highest BCUT2D eigenvalue weighted by Crippen LogP contribution is 1.85. The average molecular weight is 178 g/mol. The van der Waals surface area contributed by atoms with Crippen molar-refractivity contribution in [3.63, 3.8) is 0 Å². The summed E-state index contributed by atoms with van der Waals surface area (Å²) >= 11 is 0. The Kier molecular flexibility index (Phi) is 8.74. The van der Waals surface area contributed by atoms with Crippen molar-refractivity contribution in [3.05, 3.63) is 0 Å². The third kappa shape index (κ3) is 6.51. The van der Waals surface area contributed by atoms with Gasteiger partial charge < -0.3 is 14.2 Å². The summed E-state index contributed by atoms with van der Waals surface area (Å²) in [7, 11) is 3.26. The summed E-state index contributed by atoms with van der Waals surface area (Å²) < 4.78 is 14.9. The Labute approximate surface area is 73.1 Å². The van der Waals surface area contributed by atoms with Crippen LogP contribution in [0, 0.1) is 0 Å². The Morgan fingerprint density at radius 1 is 1.17 bits per heavy atom. The van der Waals surface area contributed by atoms with Gasteiger partial charge in [-0.05, 0) is 0 Å². The van der Waals surface area contributed by atoms with Crippen molar-refractivity contribution < 1.29 is 14.2 Å². The molecule has 3 N–H and O–H groups in total. The predicted octanol–water partition coefficient (Wildman–Crippen LogP) is -0.872. The minimum Gasteiger partial charge on any atom is -0.383 e. The molecule has 0 saturated carbocycles. The molecule has 0 heterocycles. The molecule has 0 aromatic carbocycles.